The van der Waals surface area contributed by atoms with E-state index >= 15 is 0 Å². The van der Waals surface area contributed by atoms with Crippen molar-refractivity contribution in [1.82, 2.24) is 5.32 Å². The molecule has 1 fully saturated rings. The molecule has 2 aromatic carbocycles. The Morgan fingerprint density at radius 3 is 2.41 bits per heavy atom. The number of carbonyl (C=O) groups excluding carboxylic acids is 2. The zero-order valence-electron chi connectivity index (χ0n) is 14.5. The molecule has 1 saturated carbocycles. The first kappa shape index (κ1) is 19.4. The molecule has 3 rings (SSSR count). The molecular formula is C19H18ClNO5S. The van der Waals surface area contributed by atoms with Gasteiger partial charge in [0.05, 0.1) is 15.5 Å². The average molecular weight is 408 g/mol. The van der Waals surface area contributed by atoms with Crippen molar-refractivity contribution in [2.24, 2.45) is 0 Å². The normalized spacial score (nSPS) is 15.0. The van der Waals surface area contributed by atoms with E-state index in [2.05, 4.69) is 5.32 Å². The summed E-state index contributed by atoms with van der Waals surface area (Å²) in [5, 5.41) is 2.86. The first-order valence-electron chi connectivity index (χ1n) is 8.31. The van der Waals surface area contributed by atoms with Crippen LogP contribution in [0.4, 0.5) is 0 Å². The molecule has 1 amide bonds. The monoisotopic (exact) mass is 407 g/mol. The zero-order chi connectivity index (χ0) is 19.6. The molecule has 0 heterocycles. The number of hydrogen-bond donors (Lipinski definition) is 1. The zero-order valence-corrected chi connectivity index (χ0v) is 16.1. The van der Waals surface area contributed by atoms with Crippen molar-refractivity contribution in [2.75, 3.05) is 6.26 Å². The van der Waals surface area contributed by atoms with Gasteiger partial charge in [-0.1, -0.05) is 41.9 Å². The van der Waals surface area contributed by atoms with Crippen LogP contribution in [0.3, 0.4) is 0 Å². The summed E-state index contributed by atoms with van der Waals surface area (Å²) in [7, 11) is -3.53. The third kappa shape index (κ3) is 4.87. The number of amides is 1. The smallest absolute Gasteiger partial charge is 0.340 e. The van der Waals surface area contributed by atoms with Gasteiger partial charge in [-0.3, -0.25) is 4.79 Å². The second kappa shape index (κ2) is 7.70. The largest absolute Gasteiger partial charge is 0.444 e. The molecule has 1 aliphatic carbocycles. The van der Waals surface area contributed by atoms with E-state index in [0.717, 1.165) is 25.2 Å². The number of hydrogen-bond acceptors (Lipinski definition) is 5. The highest BCUT2D eigenvalue weighted by Gasteiger charge is 2.31. The van der Waals surface area contributed by atoms with Gasteiger partial charge in [0.15, 0.2) is 9.84 Å². The van der Waals surface area contributed by atoms with Crippen molar-refractivity contribution in [1.29, 1.82) is 0 Å². The molecule has 142 valence electrons. The topological polar surface area (TPSA) is 89.5 Å². The summed E-state index contributed by atoms with van der Waals surface area (Å²) in [6.07, 6.45) is 1.66. The maximum absolute atomic E-state index is 12.7. The van der Waals surface area contributed by atoms with Crippen LogP contribution in [0.15, 0.2) is 53.4 Å². The fourth-order valence-electron chi connectivity index (χ4n) is 2.47. The predicted molar refractivity (Wildman–Crippen MR) is 100 cm³/mol. The maximum Gasteiger partial charge on any atom is 0.340 e. The number of esters is 1. The van der Waals surface area contributed by atoms with Gasteiger partial charge in [-0.25, -0.2) is 13.2 Å². The minimum Gasteiger partial charge on any atom is -0.444 e. The Bertz CT molecular complexity index is 971. The van der Waals surface area contributed by atoms with Gasteiger partial charge < -0.3 is 10.1 Å². The molecule has 0 aliphatic heterocycles. The standard InChI is InChI=1S/C19H18ClNO5S/c1-27(24,25)14-9-10-16(20)15(11-14)19(23)26-17(12-5-3-2-4-6-12)18(22)21-13-7-8-13/h2-6,9-11,13,17H,7-8H2,1H3,(H,21,22)/t17-/m0/s1. The molecule has 0 aromatic heterocycles. The molecule has 1 atom stereocenters. The Morgan fingerprint density at radius 1 is 1.15 bits per heavy atom. The molecule has 0 saturated heterocycles. The van der Waals surface area contributed by atoms with Gasteiger partial charge in [0.2, 0.25) is 6.10 Å². The lowest BCUT2D eigenvalue weighted by Crippen LogP contribution is -2.33. The number of carbonyl (C=O) groups is 2. The third-order valence-corrected chi connectivity index (χ3v) is 5.51. The van der Waals surface area contributed by atoms with Crippen molar-refractivity contribution in [3.8, 4) is 0 Å². The lowest BCUT2D eigenvalue weighted by Gasteiger charge is -2.18. The summed E-state index contributed by atoms with van der Waals surface area (Å²) in [6, 6.07) is 12.5. The second-order valence-electron chi connectivity index (χ2n) is 6.39. The molecule has 8 heteroatoms. The Labute approximate surface area is 162 Å². The van der Waals surface area contributed by atoms with E-state index < -0.39 is 27.8 Å². The molecule has 27 heavy (non-hydrogen) atoms. The van der Waals surface area contributed by atoms with E-state index in [1.165, 1.54) is 12.1 Å². The van der Waals surface area contributed by atoms with Crippen molar-refractivity contribution >= 4 is 33.3 Å². The summed E-state index contributed by atoms with van der Waals surface area (Å²) >= 11 is 6.05. The number of ether oxygens (including phenoxy) is 1. The van der Waals surface area contributed by atoms with Crippen LogP contribution in [0.2, 0.25) is 5.02 Å². The molecule has 0 radical (unpaired) electrons. The highest BCUT2D eigenvalue weighted by atomic mass is 35.5. The molecule has 0 spiro atoms. The number of rotatable bonds is 6. The number of nitrogens with one attached hydrogen (secondary N) is 1. The van der Waals surface area contributed by atoms with Crippen molar-refractivity contribution in [3.63, 3.8) is 0 Å². The van der Waals surface area contributed by atoms with Gasteiger partial charge in [-0.2, -0.15) is 0 Å². The molecule has 1 N–H and O–H groups in total. The Kier molecular flexibility index (Phi) is 5.53. The second-order valence-corrected chi connectivity index (χ2v) is 8.82. The van der Waals surface area contributed by atoms with Gasteiger partial charge in [0.1, 0.15) is 0 Å². The van der Waals surface area contributed by atoms with E-state index in [1.54, 1.807) is 30.3 Å². The fourth-order valence-corrected chi connectivity index (χ4v) is 3.31. The maximum atomic E-state index is 12.7. The quantitative estimate of drug-likeness (QED) is 0.743. The van der Waals surface area contributed by atoms with Gasteiger partial charge in [-0.15, -0.1) is 0 Å². The molecule has 2 aromatic rings. The van der Waals surface area contributed by atoms with Crippen LogP contribution in [-0.2, 0) is 19.4 Å². The molecular weight excluding hydrogens is 390 g/mol. The number of sulfone groups is 1. The van der Waals surface area contributed by atoms with E-state index in [1.807, 2.05) is 0 Å². The van der Waals surface area contributed by atoms with E-state index in [-0.39, 0.29) is 21.5 Å². The summed E-state index contributed by atoms with van der Waals surface area (Å²) in [4.78, 5) is 25.1. The van der Waals surface area contributed by atoms with E-state index in [9.17, 15) is 18.0 Å². The van der Waals surface area contributed by atoms with Gasteiger partial charge in [0, 0.05) is 17.9 Å². The van der Waals surface area contributed by atoms with Crippen LogP contribution in [-0.4, -0.2) is 32.6 Å². The molecule has 6 nitrogen and oxygen atoms in total. The summed E-state index contributed by atoms with van der Waals surface area (Å²) in [5.41, 5.74) is 0.402. The van der Waals surface area contributed by atoms with Crippen LogP contribution in [0, 0.1) is 0 Å². The van der Waals surface area contributed by atoms with Crippen molar-refractivity contribution in [2.45, 2.75) is 29.9 Å². The van der Waals surface area contributed by atoms with E-state index in [4.69, 9.17) is 16.3 Å². The Morgan fingerprint density at radius 2 is 1.81 bits per heavy atom. The first-order valence-corrected chi connectivity index (χ1v) is 10.6. The highest BCUT2D eigenvalue weighted by molar-refractivity contribution is 7.90. The van der Waals surface area contributed by atoms with Crippen molar-refractivity contribution < 1.29 is 22.7 Å². The van der Waals surface area contributed by atoms with Gasteiger partial charge in [-0.05, 0) is 31.0 Å². The lowest BCUT2D eigenvalue weighted by atomic mass is 10.1. The van der Waals surface area contributed by atoms with Crippen LogP contribution >= 0.6 is 11.6 Å². The lowest BCUT2D eigenvalue weighted by molar-refractivity contribution is -0.130. The van der Waals surface area contributed by atoms with Crippen LogP contribution in [0.5, 0.6) is 0 Å². The van der Waals surface area contributed by atoms with Crippen molar-refractivity contribution in [3.05, 3.63) is 64.7 Å². The van der Waals surface area contributed by atoms with Gasteiger partial charge >= 0.3 is 5.97 Å². The molecule has 0 bridgehead atoms. The molecule has 0 unspecified atom stereocenters. The summed E-state index contributed by atoms with van der Waals surface area (Å²) < 4.78 is 28.9. The Balaban J connectivity index is 1.89. The minimum absolute atomic E-state index is 0.0433. The predicted octanol–water partition coefficient (Wildman–Crippen LogP) is 2.92. The van der Waals surface area contributed by atoms with Crippen LogP contribution in [0.25, 0.3) is 0 Å². The number of benzene rings is 2. The van der Waals surface area contributed by atoms with Gasteiger partial charge in [0.25, 0.3) is 5.91 Å². The average Bonchev–Trinajstić information content (AvgIpc) is 3.43. The first-order chi connectivity index (χ1) is 12.8. The van der Waals surface area contributed by atoms with Crippen LogP contribution in [0.1, 0.15) is 34.9 Å². The molecule has 1 aliphatic rings. The number of halogens is 1. The van der Waals surface area contributed by atoms with E-state index in [0.29, 0.717) is 5.56 Å². The Hall–Kier alpha value is -2.38. The summed E-state index contributed by atoms with van der Waals surface area (Å²) in [5.74, 6) is -1.29. The third-order valence-electron chi connectivity index (χ3n) is 4.07. The minimum atomic E-state index is -3.53. The fraction of sp³-hybridized carbons (Fsp3) is 0.263. The summed E-state index contributed by atoms with van der Waals surface area (Å²) in [6.45, 7) is 0. The SMILES string of the molecule is CS(=O)(=O)c1ccc(Cl)c(C(=O)O[C@H](C(=O)NC2CC2)c2ccccc2)c1. The van der Waals surface area contributed by atoms with Crippen LogP contribution < -0.4 is 5.32 Å². The highest BCUT2D eigenvalue weighted by Crippen LogP contribution is 2.27.